The second-order valence-corrected chi connectivity index (χ2v) is 6.59. The summed E-state index contributed by atoms with van der Waals surface area (Å²) < 4.78 is 27.3. The van der Waals surface area contributed by atoms with Crippen LogP contribution in [0.3, 0.4) is 0 Å². The van der Waals surface area contributed by atoms with Crippen molar-refractivity contribution in [3.05, 3.63) is 29.8 Å². The lowest BCUT2D eigenvalue weighted by Crippen LogP contribution is -2.49. The van der Waals surface area contributed by atoms with E-state index in [4.69, 9.17) is 5.73 Å². The van der Waals surface area contributed by atoms with Crippen LogP contribution in [-0.2, 0) is 16.4 Å². The highest BCUT2D eigenvalue weighted by Gasteiger charge is 2.24. The normalized spacial score (nSPS) is 12.0. The van der Waals surface area contributed by atoms with Crippen LogP contribution in [0.2, 0.25) is 0 Å². The van der Waals surface area contributed by atoms with Gasteiger partial charge in [0, 0.05) is 12.1 Å². The van der Waals surface area contributed by atoms with Crippen LogP contribution in [0, 0.1) is 0 Å². The quantitative estimate of drug-likeness (QED) is 0.810. The van der Waals surface area contributed by atoms with Crippen LogP contribution in [0.5, 0.6) is 0 Å². The van der Waals surface area contributed by atoms with Crippen LogP contribution in [-0.4, -0.2) is 20.5 Å². The zero-order valence-corrected chi connectivity index (χ0v) is 14.0. The van der Waals surface area contributed by atoms with Gasteiger partial charge < -0.3 is 5.73 Å². The first-order valence-electron chi connectivity index (χ1n) is 6.75. The molecule has 4 nitrogen and oxygen atoms in total. The van der Waals surface area contributed by atoms with E-state index in [0.29, 0.717) is 11.3 Å². The van der Waals surface area contributed by atoms with Crippen molar-refractivity contribution in [3.8, 4) is 0 Å². The van der Waals surface area contributed by atoms with E-state index in [1.807, 2.05) is 32.9 Å². The zero-order chi connectivity index (χ0) is 14.5. The Bertz CT molecular complexity index is 514. The van der Waals surface area contributed by atoms with Crippen LogP contribution in [0.25, 0.3) is 0 Å². The molecule has 0 atom stereocenters. The number of aryl methyl sites for hydroxylation is 1. The van der Waals surface area contributed by atoms with E-state index >= 15 is 0 Å². The molecule has 0 aliphatic carbocycles. The fourth-order valence-electron chi connectivity index (χ4n) is 1.87. The molecule has 0 unspecified atom stereocenters. The molecule has 3 N–H and O–H groups in total. The molecule has 0 bridgehead atoms. The Labute approximate surface area is 128 Å². The van der Waals surface area contributed by atoms with Gasteiger partial charge >= 0.3 is 0 Å². The molecule has 0 saturated carbocycles. The summed E-state index contributed by atoms with van der Waals surface area (Å²) in [6, 6.07) is 7.06. The molecular formula is C14H25ClN2O2S. The largest absolute Gasteiger partial charge is 0.324 e. The molecule has 0 saturated heterocycles. The number of nitrogens with one attached hydrogen (secondary N) is 1. The maximum absolute atomic E-state index is 12.3. The van der Waals surface area contributed by atoms with E-state index in [-0.39, 0.29) is 19.0 Å². The molecule has 116 valence electrons. The van der Waals surface area contributed by atoms with Crippen molar-refractivity contribution in [1.29, 1.82) is 0 Å². The first-order valence-corrected chi connectivity index (χ1v) is 8.23. The van der Waals surface area contributed by atoms with Gasteiger partial charge in [-0.1, -0.05) is 39.0 Å². The standard InChI is InChI=1S/C14H24N2O2S.ClH/c1-4-12-9-7-8-10-13(12)19(17,18)16-11-14(15,5-2)6-3;/h7-10,16H,4-6,11,15H2,1-3H3;1H. The highest BCUT2D eigenvalue weighted by atomic mass is 35.5. The van der Waals surface area contributed by atoms with Gasteiger partial charge in [0.15, 0.2) is 0 Å². The highest BCUT2D eigenvalue weighted by molar-refractivity contribution is 7.89. The van der Waals surface area contributed by atoms with Crippen molar-refractivity contribution in [2.45, 2.75) is 50.5 Å². The minimum Gasteiger partial charge on any atom is -0.324 e. The molecule has 0 aliphatic heterocycles. The van der Waals surface area contributed by atoms with Gasteiger partial charge in [-0.25, -0.2) is 13.1 Å². The Morgan fingerprint density at radius 2 is 1.70 bits per heavy atom. The Morgan fingerprint density at radius 1 is 1.15 bits per heavy atom. The SMILES string of the molecule is CCc1ccccc1S(=O)(=O)NCC(N)(CC)CC.Cl. The molecular weight excluding hydrogens is 296 g/mol. The molecule has 1 aromatic carbocycles. The van der Waals surface area contributed by atoms with Gasteiger partial charge in [0.05, 0.1) is 4.90 Å². The van der Waals surface area contributed by atoms with E-state index < -0.39 is 15.6 Å². The van der Waals surface area contributed by atoms with Gasteiger partial charge in [0.25, 0.3) is 0 Å². The second-order valence-electron chi connectivity index (χ2n) is 4.86. The smallest absolute Gasteiger partial charge is 0.240 e. The summed E-state index contributed by atoms with van der Waals surface area (Å²) in [6.45, 7) is 6.15. The van der Waals surface area contributed by atoms with Crippen LogP contribution >= 0.6 is 12.4 Å². The molecule has 0 aromatic heterocycles. The number of halogens is 1. The average Bonchev–Trinajstić information content (AvgIpc) is 2.44. The summed E-state index contributed by atoms with van der Waals surface area (Å²) in [5.41, 5.74) is 6.47. The van der Waals surface area contributed by atoms with Crippen LogP contribution in [0.4, 0.5) is 0 Å². The van der Waals surface area contributed by atoms with E-state index in [0.717, 1.165) is 18.4 Å². The molecule has 0 radical (unpaired) electrons. The highest BCUT2D eigenvalue weighted by Crippen LogP contribution is 2.17. The van der Waals surface area contributed by atoms with Crippen molar-refractivity contribution < 1.29 is 8.42 Å². The van der Waals surface area contributed by atoms with Gasteiger partial charge in [-0.15, -0.1) is 12.4 Å². The predicted octanol–water partition coefficient (Wildman–Crippen LogP) is 2.47. The van der Waals surface area contributed by atoms with Crippen molar-refractivity contribution in [2.24, 2.45) is 5.73 Å². The molecule has 0 amide bonds. The third-order valence-electron chi connectivity index (χ3n) is 3.67. The van der Waals surface area contributed by atoms with Crippen LogP contribution in [0.1, 0.15) is 39.2 Å². The molecule has 1 aromatic rings. The Morgan fingerprint density at radius 3 is 2.20 bits per heavy atom. The Hall–Kier alpha value is -0.620. The lowest BCUT2D eigenvalue weighted by molar-refractivity contribution is 0.391. The molecule has 0 heterocycles. The Balaban J connectivity index is 0.00000361. The number of rotatable bonds is 7. The first kappa shape index (κ1) is 19.4. The predicted molar refractivity (Wildman–Crippen MR) is 85.8 cm³/mol. The molecule has 6 heteroatoms. The van der Waals surface area contributed by atoms with Crippen LogP contribution < -0.4 is 10.5 Å². The third-order valence-corrected chi connectivity index (χ3v) is 5.17. The summed E-state index contributed by atoms with van der Waals surface area (Å²) >= 11 is 0. The summed E-state index contributed by atoms with van der Waals surface area (Å²) in [4.78, 5) is 0.354. The molecule has 1 rings (SSSR count). The van der Waals surface area contributed by atoms with E-state index in [9.17, 15) is 8.42 Å². The summed E-state index contributed by atoms with van der Waals surface area (Å²) in [6.07, 6.45) is 2.16. The monoisotopic (exact) mass is 320 g/mol. The lowest BCUT2D eigenvalue weighted by Gasteiger charge is -2.26. The van der Waals surface area contributed by atoms with Crippen molar-refractivity contribution >= 4 is 22.4 Å². The summed E-state index contributed by atoms with van der Waals surface area (Å²) in [5, 5.41) is 0. The molecule has 20 heavy (non-hydrogen) atoms. The van der Waals surface area contributed by atoms with Gasteiger partial charge in [0.1, 0.15) is 0 Å². The van der Waals surface area contributed by atoms with Gasteiger partial charge in [-0.2, -0.15) is 0 Å². The maximum Gasteiger partial charge on any atom is 0.240 e. The molecule has 0 spiro atoms. The third kappa shape index (κ3) is 4.74. The first-order chi connectivity index (χ1) is 8.88. The van der Waals surface area contributed by atoms with Crippen LogP contribution in [0.15, 0.2) is 29.2 Å². The fraction of sp³-hybridized carbons (Fsp3) is 0.571. The average molecular weight is 321 g/mol. The van der Waals surface area contributed by atoms with E-state index in [1.54, 1.807) is 12.1 Å². The van der Waals surface area contributed by atoms with E-state index in [2.05, 4.69) is 4.72 Å². The van der Waals surface area contributed by atoms with E-state index in [1.165, 1.54) is 0 Å². The number of nitrogens with two attached hydrogens (primary N) is 1. The van der Waals surface area contributed by atoms with Crippen molar-refractivity contribution in [3.63, 3.8) is 0 Å². The van der Waals surface area contributed by atoms with Gasteiger partial charge in [-0.3, -0.25) is 0 Å². The maximum atomic E-state index is 12.3. The topological polar surface area (TPSA) is 72.2 Å². The van der Waals surface area contributed by atoms with Gasteiger partial charge in [0.2, 0.25) is 10.0 Å². The Kier molecular flexibility index (Phi) is 7.73. The molecule has 0 fully saturated rings. The number of sulfonamides is 1. The lowest BCUT2D eigenvalue weighted by atomic mass is 9.95. The number of hydrogen-bond acceptors (Lipinski definition) is 3. The van der Waals surface area contributed by atoms with Gasteiger partial charge in [-0.05, 0) is 30.9 Å². The fourth-order valence-corrected chi connectivity index (χ4v) is 3.32. The molecule has 0 aliphatic rings. The minimum absolute atomic E-state index is 0. The summed E-state index contributed by atoms with van der Waals surface area (Å²) in [7, 11) is -3.49. The van der Waals surface area contributed by atoms with Crippen molar-refractivity contribution in [2.75, 3.05) is 6.54 Å². The number of benzene rings is 1. The number of hydrogen-bond donors (Lipinski definition) is 2. The minimum atomic E-state index is -3.49. The summed E-state index contributed by atoms with van der Waals surface area (Å²) in [5.74, 6) is 0. The second kappa shape index (κ2) is 7.98. The van der Waals surface area contributed by atoms with Crippen molar-refractivity contribution in [1.82, 2.24) is 4.72 Å². The zero-order valence-electron chi connectivity index (χ0n) is 12.3.